The van der Waals surface area contributed by atoms with Crippen molar-refractivity contribution in [1.29, 1.82) is 0 Å². The predicted octanol–water partition coefficient (Wildman–Crippen LogP) is 15.3. The van der Waals surface area contributed by atoms with Crippen molar-refractivity contribution in [2.45, 2.75) is 0 Å². The molecule has 0 radical (unpaired) electrons. The minimum Gasteiger partial charge on any atom is -0.308 e. The Morgan fingerprint density at radius 2 is 0.823 bits per heavy atom. The van der Waals surface area contributed by atoms with Gasteiger partial charge in [-0.2, -0.15) is 0 Å². The number of fused-ring (bicyclic) bond motifs is 6. The summed E-state index contributed by atoms with van der Waals surface area (Å²) in [5, 5.41) is 4.96. The second-order valence-electron chi connectivity index (χ2n) is 15.6. The highest BCUT2D eigenvalue weighted by Gasteiger charge is 2.24. The molecule has 0 bridgehead atoms. The van der Waals surface area contributed by atoms with E-state index in [9.17, 15) is 0 Å². The van der Waals surface area contributed by atoms with Crippen LogP contribution in [0.1, 0.15) is 0 Å². The van der Waals surface area contributed by atoms with Crippen LogP contribution in [0.3, 0.4) is 0 Å². The van der Waals surface area contributed by atoms with Crippen LogP contribution in [0, 0.1) is 0 Å². The molecule has 0 saturated carbocycles. The van der Waals surface area contributed by atoms with E-state index in [2.05, 4.69) is 205 Å². The number of hydrogen-bond acceptors (Lipinski definition) is 4. The van der Waals surface area contributed by atoms with Gasteiger partial charge in [0.15, 0.2) is 17.5 Å². The first kappa shape index (κ1) is 35.9. The van der Waals surface area contributed by atoms with E-state index < -0.39 is 0 Å². The average molecular weight is 809 g/mol. The van der Waals surface area contributed by atoms with E-state index in [0.717, 1.165) is 66.8 Å². The molecular formula is C57H36N4S. The van der Waals surface area contributed by atoms with Crippen molar-refractivity contribution < 1.29 is 0 Å². The molecular weight excluding hydrogens is 773 g/mol. The Kier molecular flexibility index (Phi) is 8.65. The van der Waals surface area contributed by atoms with E-state index in [-0.39, 0.29) is 0 Å². The molecule has 0 unspecified atom stereocenters. The lowest BCUT2D eigenvalue weighted by atomic mass is 9.92. The van der Waals surface area contributed by atoms with Crippen LogP contribution in [-0.4, -0.2) is 19.5 Å². The summed E-state index contributed by atoms with van der Waals surface area (Å²) < 4.78 is 4.97. The van der Waals surface area contributed by atoms with Crippen LogP contribution in [-0.2, 0) is 0 Å². The SMILES string of the molecule is c1ccc(-c2cc(-c3ccccc3)c(-c3nc(-c4ccccc4)nc(-c4cccc(-c5ccc6c(c5)sc5ccccc56)c4)n3)c(-n3c4ccccc4c4ccccc43)c2)cc1. The van der Waals surface area contributed by atoms with E-state index in [0.29, 0.717) is 17.5 Å². The van der Waals surface area contributed by atoms with Crippen molar-refractivity contribution in [3.05, 3.63) is 218 Å². The maximum Gasteiger partial charge on any atom is 0.166 e. The van der Waals surface area contributed by atoms with Gasteiger partial charge in [-0.25, -0.2) is 15.0 Å². The molecule has 0 aliphatic heterocycles. The van der Waals surface area contributed by atoms with Gasteiger partial charge in [-0.3, -0.25) is 0 Å². The standard InChI is InChI=1S/C57H36N4S/c1-4-17-37(18-5-1)43-34-48(38-19-6-2-7-20-38)54(51(35-43)61-49-28-13-10-25-44(49)45-26-11-14-29-50(45)61)57-59-55(39-21-8-3-9-22-39)58-56(60-57)42-24-16-23-40(33-42)41-31-32-47-46-27-12-15-30-52(46)62-53(47)36-41/h1-36H. The maximum absolute atomic E-state index is 5.50. The van der Waals surface area contributed by atoms with Gasteiger partial charge >= 0.3 is 0 Å². The van der Waals surface area contributed by atoms with Crippen LogP contribution < -0.4 is 0 Å². The summed E-state index contributed by atoms with van der Waals surface area (Å²) in [6, 6.07) is 77.5. The van der Waals surface area contributed by atoms with E-state index in [1.54, 1.807) is 0 Å². The molecule has 3 heterocycles. The molecule has 3 aromatic heterocycles. The molecule has 0 spiro atoms. The van der Waals surface area contributed by atoms with Gasteiger partial charge in [0.25, 0.3) is 0 Å². The van der Waals surface area contributed by atoms with Crippen molar-refractivity contribution in [3.8, 4) is 73.2 Å². The summed E-state index contributed by atoms with van der Waals surface area (Å²) in [6.07, 6.45) is 0. The molecule has 0 amide bonds. The van der Waals surface area contributed by atoms with Gasteiger partial charge in [-0.05, 0) is 75.8 Å². The summed E-state index contributed by atoms with van der Waals surface area (Å²) in [4.78, 5) is 16.2. The molecule has 12 rings (SSSR count). The highest BCUT2D eigenvalue weighted by Crippen LogP contribution is 2.44. The molecule has 0 fully saturated rings. The lowest BCUT2D eigenvalue weighted by molar-refractivity contribution is 1.07. The van der Waals surface area contributed by atoms with Gasteiger partial charge in [0.2, 0.25) is 0 Å². The normalized spacial score (nSPS) is 11.5. The first-order valence-electron chi connectivity index (χ1n) is 20.8. The highest BCUT2D eigenvalue weighted by molar-refractivity contribution is 7.25. The Hall–Kier alpha value is -7.99. The third-order valence-electron chi connectivity index (χ3n) is 11.9. The largest absolute Gasteiger partial charge is 0.308 e. The zero-order valence-electron chi connectivity index (χ0n) is 33.5. The fourth-order valence-corrected chi connectivity index (χ4v) is 10.1. The first-order valence-corrected chi connectivity index (χ1v) is 21.7. The summed E-state index contributed by atoms with van der Waals surface area (Å²) in [5.74, 6) is 1.82. The van der Waals surface area contributed by atoms with E-state index in [1.807, 2.05) is 29.5 Å². The van der Waals surface area contributed by atoms with E-state index >= 15 is 0 Å². The minimum atomic E-state index is 0.598. The zero-order valence-corrected chi connectivity index (χ0v) is 34.3. The van der Waals surface area contributed by atoms with Gasteiger partial charge in [-0.1, -0.05) is 176 Å². The van der Waals surface area contributed by atoms with Crippen LogP contribution in [0.4, 0.5) is 0 Å². The third kappa shape index (κ3) is 6.18. The van der Waals surface area contributed by atoms with Crippen LogP contribution in [0.15, 0.2) is 218 Å². The van der Waals surface area contributed by atoms with Crippen molar-refractivity contribution in [2.24, 2.45) is 0 Å². The number of thiophene rings is 1. The van der Waals surface area contributed by atoms with Crippen LogP contribution >= 0.6 is 11.3 Å². The number of nitrogens with zero attached hydrogens (tertiary/aromatic N) is 4. The quantitative estimate of drug-likeness (QED) is 0.161. The van der Waals surface area contributed by atoms with Gasteiger partial charge in [0.05, 0.1) is 22.3 Å². The average Bonchev–Trinajstić information content (AvgIpc) is 3.90. The molecule has 5 heteroatoms. The van der Waals surface area contributed by atoms with Gasteiger partial charge in [-0.15, -0.1) is 11.3 Å². The molecule has 9 aromatic carbocycles. The molecule has 4 nitrogen and oxygen atoms in total. The number of rotatable bonds is 7. The lowest BCUT2D eigenvalue weighted by Gasteiger charge is -2.20. The highest BCUT2D eigenvalue weighted by atomic mass is 32.1. The molecule has 12 aromatic rings. The Bertz CT molecular complexity index is 3580. The molecule has 62 heavy (non-hydrogen) atoms. The van der Waals surface area contributed by atoms with Crippen molar-refractivity contribution in [3.63, 3.8) is 0 Å². The summed E-state index contributed by atoms with van der Waals surface area (Å²) in [6.45, 7) is 0. The van der Waals surface area contributed by atoms with Crippen LogP contribution in [0.2, 0.25) is 0 Å². The van der Waals surface area contributed by atoms with Crippen LogP contribution in [0.5, 0.6) is 0 Å². The Balaban J connectivity index is 1.14. The Morgan fingerprint density at radius 3 is 1.53 bits per heavy atom. The molecule has 0 N–H and O–H groups in total. The van der Waals surface area contributed by atoms with Gasteiger partial charge in [0, 0.05) is 42.1 Å². The lowest BCUT2D eigenvalue weighted by Crippen LogP contribution is -2.06. The number of benzene rings is 9. The molecule has 0 aliphatic carbocycles. The molecule has 290 valence electrons. The minimum absolute atomic E-state index is 0.598. The zero-order chi connectivity index (χ0) is 41.0. The Morgan fingerprint density at radius 1 is 0.306 bits per heavy atom. The van der Waals surface area contributed by atoms with E-state index in [1.165, 1.54) is 30.9 Å². The van der Waals surface area contributed by atoms with Gasteiger partial charge < -0.3 is 4.57 Å². The second kappa shape index (κ2) is 14.9. The number of aromatic nitrogens is 4. The molecule has 0 saturated heterocycles. The first-order chi connectivity index (χ1) is 30.7. The van der Waals surface area contributed by atoms with E-state index in [4.69, 9.17) is 15.0 Å². The molecule has 0 aliphatic rings. The maximum atomic E-state index is 5.50. The summed E-state index contributed by atoms with van der Waals surface area (Å²) >= 11 is 1.84. The predicted molar refractivity (Wildman–Crippen MR) is 260 cm³/mol. The topological polar surface area (TPSA) is 43.6 Å². The van der Waals surface area contributed by atoms with Gasteiger partial charge in [0.1, 0.15) is 0 Å². The summed E-state index contributed by atoms with van der Waals surface area (Å²) in [7, 11) is 0. The second-order valence-corrected chi connectivity index (χ2v) is 16.7. The molecule has 0 atom stereocenters. The smallest absolute Gasteiger partial charge is 0.166 e. The van der Waals surface area contributed by atoms with Crippen LogP contribution in [0.25, 0.3) is 115 Å². The van der Waals surface area contributed by atoms with Crippen molar-refractivity contribution >= 4 is 53.3 Å². The third-order valence-corrected chi connectivity index (χ3v) is 13.0. The monoisotopic (exact) mass is 808 g/mol. The fraction of sp³-hybridized carbons (Fsp3) is 0. The van der Waals surface area contributed by atoms with Crippen molar-refractivity contribution in [1.82, 2.24) is 19.5 Å². The summed E-state index contributed by atoms with van der Waals surface area (Å²) in [5.41, 5.74) is 12.6. The van der Waals surface area contributed by atoms with Crippen molar-refractivity contribution in [2.75, 3.05) is 0 Å². The number of hydrogen-bond donors (Lipinski definition) is 0. The Labute approximate surface area is 362 Å². The fourth-order valence-electron chi connectivity index (χ4n) is 8.94. The number of para-hydroxylation sites is 2.